The number of pyridine rings is 3. The molecule has 0 atom stereocenters. The van der Waals surface area contributed by atoms with Crippen molar-refractivity contribution in [3.05, 3.63) is 66.7 Å². The van der Waals surface area contributed by atoms with E-state index in [0.717, 1.165) is 95.0 Å². The van der Waals surface area contributed by atoms with Crippen molar-refractivity contribution in [1.82, 2.24) is 19.9 Å². The van der Waals surface area contributed by atoms with Gasteiger partial charge in [-0.25, -0.2) is 4.98 Å². The van der Waals surface area contributed by atoms with Crippen LogP contribution >= 0.6 is 0 Å². The lowest BCUT2D eigenvalue weighted by molar-refractivity contribution is -0.000198. The fourth-order valence-electron chi connectivity index (χ4n) is 6.41. The Morgan fingerprint density at radius 3 is 2.51 bits per heavy atom. The van der Waals surface area contributed by atoms with Gasteiger partial charge in [-0.1, -0.05) is 0 Å². The zero-order valence-corrected chi connectivity index (χ0v) is 26.7. The molecule has 3 fully saturated rings. The number of methoxy groups -OCH3 is 1. The van der Waals surface area contributed by atoms with E-state index in [0.29, 0.717) is 46.5 Å². The summed E-state index contributed by atoms with van der Waals surface area (Å²) in [6.07, 6.45) is 8.02. The monoisotopic (exact) mass is 640 g/mol. The van der Waals surface area contributed by atoms with Gasteiger partial charge in [-0.05, 0) is 55.7 Å². The zero-order chi connectivity index (χ0) is 32.1. The minimum absolute atomic E-state index is 0.319. The number of nitrogens with one attached hydrogen (secondary N) is 1. The molecular weight excluding hydrogens is 600 g/mol. The van der Waals surface area contributed by atoms with Crippen LogP contribution in [0.25, 0.3) is 10.9 Å². The van der Waals surface area contributed by atoms with E-state index in [1.54, 1.807) is 43.9 Å². The summed E-state index contributed by atoms with van der Waals surface area (Å²) in [5.41, 5.74) is 2.41. The lowest BCUT2D eigenvalue weighted by atomic mass is 9.73. The molecule has 12 nitrogen and oxygen atoms in total. The van der Waals surface area contributed by atoms with Crippen LogP contribution in [-0.4, -0.2) is 98.6 Å². The number of benzene rings is 1. The Kier molecular flexibility index (Phi) is 9.32. The van der Waals surface area contributed by atoms with Crippen molar-refractivity contribution in [3.63, 3.8) is 0 Å². The molecule has 1 aromatic carbocycles. The third-order valence-electron chi connectivity index (χ3n) is 9.12. The van der Waals surface area contributed by atoms with Gasteiger partial charge in [0.1, 0.15) is 23.0 Å². The van der Waals surface area contributed by atoms with E-state index in [9.17, 15) is 4.79 Å². The molecule has 4 aromatic rings. The number of carbonyl (C=O) groups is 1. The quantitative estimate of drug-likeness (QED) is 0.228. The van der Waals surface area contributed by atoms with Gasteiger partial charge in [-0.3, -0.25) is 19.7 Å². The number of ether oxygens (including phenoxy) is 5. The van der Waals surface area contributed by atoms with Crippen molar-refractivity contribution in [2.24, 2.45) is 5.41 Å². The number of nitrogens with zero attached hydrogens (tertiary/aromatic N) is 5. The Hall–Kier alpha value is -4.52. The molecule has 3 aromatic heterocycles. The maximum atomic E-state index is 13.0. The summed E-state index contributed by atoms with van der Waals surface area (Å²) < 4.78 is 28.9. The largest absolute Gasteiger partial charge is 0.493 e. The molecule has 47 heavy (non-hydrogen) atoms. The molecule has 0 saturated carbocycles. The Bertz CT molecular complexity index is 1680. The molecule has 0 aliphatic carbocycles. The molecule has 1 N–H and O–H groups in total. The highest BCUT2D eigenvalue weighted by Crippen LogP contribution is 2.42. The molecular formula is C35H40N6O6. The standard InChI is InChI=1S/C35H40N6O6/c1-43-31-20-27-28(21-32(31)46-14-2-11-40-12-17-45-18-13-40)36-10-6-30(27)47-26-3-4-33(38-22-26)39-34(42)29-19-25(5-9-37-29)41-23-35(24-41)7-15-44-16-8-35/h3-6,9-10,19-22H,2,7-8,11-18,23-24H2,1H3,(H,38,39,42). The molecule has 7 rings (SSSR count). The van der Waals surface area contributed by atoms with Gasteiger partial charge >= 0.3 is 0 Å². The van der Waals surface area contributed by atoms with Crippen LogP contribution in [0.15, 0.2) is 61.1 Å². The molecule has 12 heteroatoms. The minimum atomic E-state index is -0.319. The summed E-state index contributed by atoms with van der Waals surface area (Å²) >= 11 is 0. The normalized spacial score (nSPS) is 17.7. The summed E-state index contributed by atoms with van der Waals surface area (Å²) in [6, 6.07) is 12.8. The third-order valence-corrected chi connectivity index (χ3v) is 9.12. The Morgan fingerprint density at radius 2 is 1.72 bits per heavy atom. The maximum Gasteiger partial charge on any atom is 0.275 e. The van der Waals surface area contributed by atoms with Crippen LogP contribution in [0.5, 0.6) is 23.0 Å². The number of aromatic nitrogens is 3. The molecule has 0 unspecified atom stereocenters. The topological polar surface area (TPSA) is 120 Å². The van der Waals surface area contributed by atoms with Crippen molar-refractivity contribution in [1.29, 1.82) is 0 Å². The number of morpholine rings is 1. The fraction of sp³-hybridized carbons (Fsp3) is 0.429. The predicted octanol–water partition coefficient (Wildman–Crippen LogP) is 4.80. The predicted molar refractivity (Wildman–Crippen MR) is 177 cm³/mol. The number of anilines is 2. The van der Waals surface area contributed by atoms with Gasteiger partial charge in [0.05, 0.1) is 38.6 Å². The van der Waals surface area contributed by atoms with E-state index < -0.39 is 0 Å². The number of rotatable bonds is 11. The maximum absolute atomic E-state index is 13.0. The van der Waals surface area contributed by atoms with Crippen LogP contribution in [0.1, 0.15) is 29.8 Å². The van der Waals surface area contributed by atoms with Gasteiger partial charge in [0.15, 0.2) is 11.5 Å². The Balaban J connectivity index is 0.961. The van der Waals surface area contributed by atoms with E-state index >= 15 is 0 Å². The van der Waals surface area contributed by atoms with E-state index in [2.05, 4.69) is 30.1 Å². The average molecular weight is 641 g/mol. The SMILES string of the molecule is COc1cc2c(Oc3ccc(NC(=O)c4cc(N5CC6(CCOCC6)C5)ccn4)nc3)ccnc2cc1OCCCN1CCOCC1. The number of fused-ring (bicyclic) bond motifs is 1. The number of hydrogen-bond donors (Lipinski definition) is 1. The summed E-state index contributed by atoms with van der Waals surface area (Å²) in [4.78, 5) is 31.0. The van der Waals surface area contributed by atoms with Crippen molar-refractivity contribution in [3.8, 4) is 23.0 Å². The van der Waals surface area contributed by atoms with Crippen molar-refractivity contribution >= 4 is 28.3 Å². The lowest BCUT2D eigenvalue weighted by Gasteiger charge is -2.53. The molecule has 0 radical (unpaired) electrons. The molecule has 6 heterocycles. The van der Waals surface area contributed by atoms with Crippen LogP contribution in [-0.2, 0) is 9.47 Å². The van der Waals surface area contributed by atoms with E-state index in [1.165, 1.54) is 0 Å². The van der Waals surface area contributed by atoms with Gasteiger partial charge in [-0.15, -0.1) is 0 Å². The van der Waals surface area contributed by atoms with Gasteiger partial charge < -0.3 is 33.9 Å². The summed E-state index contributed by atoms with van der Waals surface area (Å²) in [5, 5.41) is 3.62. The van der Waals surface area contributed by atoms with Gasteiger partial charge in [0.2, 0.25) is 0 Å². The number of carbonyl (C=O) groups excluding carboxylic acids is 1. The average Bonchev–Trinajstić information content (AvgIpc) is 3.10. The second-order valence-corrected chi connectivity index (χ2v) is 12.3. The van der Waals surface area contributed by atoms with Crippen LogP contribution < -0.4 is 24.4 Å². The first kappa shape index (κ1) is 31.1. The highest BCUT2D eigenvalue weighted by atomic mass is 16.5. The van der Waals surface area contributed by atoms with Crippen molar-refractivity contribution < 1.29 is 28.5 Å². The molecule has 3 aliphatic heterocycles. The highest BCUT2D eigenvalue weighted by molar-refractivity contribution is 6.02. The lowest BCUT2D eigenvalue weighted by Crippen LogP contribution is -2.58. The number of hydrogen-bond acceptors (Lipinski definition) is 11. The van der Waals surface area contributed by atoms with E-state index in [-0.39, 0.29) is 5.91 Å². The minimum Gasteiger partial charge on any atom is -0.493 e. The number of amides is 1. The highest BCUT2D eigenvalue weighted by Gasteiger charge is 2.44. The van der Waals surface area contributed by atoms with Crippen LogP contribution in [0, 0.1) is 5.41 Å². The van der Waals surface area contributed by atoms with Crippen LogP contribution in [0.4, 0.5) is 11.5 Å². The van der Waals surface area contributed by atoms with Crippen LogP contribution in [0.3, 0.4) is 0 Å². The second kappa shape index (κ2) is 14.1. The van der Waals surface area contributed by atoms with Crippen LogP contribution in [0.2, 0.25) is 0 Å². The van der Waals surface area contributed by atoms with Gasteiger partial charge in [0, 0.05) is 80.9 Å². The first-order valence-electron chi connectivity index (χ1n) is 16.2. The molecule has 0 bridgehead atoms. The van der Waals surface area contributed by atoms with Gasteiger partial charge in [-0.2, -0.15) is 0 Å². The Labute approximate surface area is 274 Å². The first-order chi connectivity index (χ1) is 23.1. The van der Waals surface area contributed by atoms with Gasteiger partial charge in [0.25, 0.3) is 5.91 Å². The molecule has 1 amide bonds. The van der Waals surface area contributed by atoms with E-state index in [1.807, 2.05) is 24.3 Å². The summed E-state index contributed by atoms with van der Waals surface area (Å²) in [5.74, 6) is 2.43. The molecule has 1 spiro atoms. The summed E-state index contributed by atoms with van der Waals surface area (Å²) in [7, 11) is 1.62. The van der Waals surface area contributed by atoms with E-state index in [4.69, 9.17) is 23.7 Å². The zero-order valence-electron chi connectivity index (χ0n) is 26.7. The van der Waals surface area contributed by atoms with Crippen molar-refractivity contribution in [2.75, 3.05) is 83.1 Å². The first-order valence-corrected chi connectivity index (χ1v) is 16.2. The molecule has 246 valence electrons. The fourth-order valence-corrected chi connectivity index (χ4v) is 6.41. The summed E-state index contributed by atoms with van der Waals surface area (Å²) in [6.45, 7) is 8.65. The second-order valence-electron chi connectivity index (χ2n) is 12.3. The molecule has 3 saturated heterocycles. The third kappa shape index (κ3) is 7.24. The van der Waals surface area contributed by atoms with Crippen molar-refractivity contribution in [2.45, 2.75) is 19.3 Å². The Morgan fingerprint density at radius 1 is 0.915 bits per heavy atom. The molecule has 3 aliphatic rings. The smallest absolute Gasteiger partial charge is 0.275 e.